The van der Waals surface area contributed by atoms with Crippen LogP contribution < -0.4 is 5.32 Å². The maximum absolute atomic E-state index is 12.6. The van der Waals surface area contributed by atoms with E-state index in [4.69, 9.17) is 28.3 Å². The molecule has 2 heterocycles. The van der Waals surface area contributed by atoms with Crippen LogP contribution in [0, 0.1) is 0 Å². The van der Waals surface area contributed by atoms with Crippen LogP contribution in [0.3, 0.4) is 0 Å². The van der Waals surface area contributed by atoms with Crippen molar-refractivity contribution < 1.29 is 14.7 Å². The maximum Gasteiger partial charge on any atom is 0.335 e. The molecule has 5 nitrogen and oxygen atoms in total. The van der Waals surface area contributed by atoms with Crippen molar-refractivity contribution in [2.24, 2.45) is 0 Å². The summed E-state index contributed by atoms with van der Waals surface area (Å²) in [6.07, 6.45) is 0. The molecule has 1 amide bonds. The zero-order valence-corrected chi connectivity index (χ0v) is 17.0. The minimum atomic E-state index is -1.00. The monoisotopic (exact) mass is 448 g/mol. The van der Waals surface area contributed by atoms with Gasteiger partial charge in [0.2, 0.25) is 0 Å². The molecule has 0 atom stereocenters. The number of nitrogens with zero attached hydrogens (tertiary/aromatic N) is 1. The lowest BCUT2D eigenvalue weighted by Gasteiger charge is -2.00. The molecule has 0 saturated carbocycles. The Labute approximate surface area is 177 Å². The quantitative estimate of drug-likeness (QED) is 0.384. The highest BCUT2D eigenvalue weighted by molar-refractivity contribution is 7.21. The molecule has 2 aromatic heterocycles. The minimum Gasteiger partial charge on any atom is -0.478 e. The molecule has 4 aromatic rings. The van der Waals surface area contributed by atoms with Gasteiger partial charge in [0, 0.05) is 15.6 Å². The summed E-state index contributed by atoms with van der Waals surface area (Å²) in [6.45, 7) is 0. The summed E-state index contributed by atoms with van der Waals surface area (Å²) >= 11 is 14.6. The normalized spacial score (nSPS) is 10.9. The predicted octanol–water partition coefficient (Wildman–Crippen LogP) is 6.28. The standard InChI is InChI=1S/C19H10Cl2N2O3S2/c20-12-3-1-9(6-13(12)21)14-8-27-19(22-14)23-17(24)16-7-11-5-10(18(25)26)2-4-15(11)28-16/h1-8H,(H,25,26)(H,22,23,24). The first-order valence-corrected chi connectivity index (χ1v) is 10.3. The van der Waals surface area contributed by atoms with Gasteiger partial charge in [-0.3, -0.25) is 10.1 Å². The highest BCUT2D eigenvalue weighted by Crippen LogP contribution is 2.31. The van der Waals surface area contributed by atoms with E-state index in [1.165, 1.54) is 28.7 Å². The van der Waals surface area contributed by atoms with Gasteiger partial charge >= 0.3 is 5.97 Å². The van der Waals surface area contributed by atoms with E-state index in [0.29, 0.717) is 31.1 Å². The maximum atomic E-state index is 12.6. The van der Waals surface area contributed by atoms with Crippen molar-refractivity contribution in [2.75, 3.05) is 5.32 Å². The zero-order chi connectivity index (χ0) is 19.8. The van der Waals surface area contributed by atoms with Crippen LogP contribution in [0.5, 0.6) is 0 Å². The summed E-state index contributed by atoms with van der Waals surface area (Å²) in [5.41, 5.74) is 1.67. The second kappa shape index (κ2) is 7.52. The van der Waals surface area contributed by atoms with Gasteiger partial charge in [-0.2, -0.15) is 0 Å². The van der Waals surface area contributed by atoms with Crippen LogP contribution in [0.2, 0.25) is 10.0 Å². The van der Waals surface area contributed by atoms with E-state index in [1.807, 2.05) is 5.38 Å². The van der Waals surface area contributed by atoms with Gasteiger partial charge in [-0.15, -0.1) is 22.7 Å². The number of carboxylic acid groups (broad SMARTS) is 1. The largest absolute Gasteiger partial charge is 0.478 e. The van der Waals surface area contributed by atoms with Crippen LogP contribution in [0.15, 0.2) is 47.8 Å². The number of hydrogen-bond donors (Lipinski definition) is 2. The van der Waals surface area contributed by atoms with E-state index >= 15 is 0 Å². The van der Waals surface area contributed by atoms with E-state index in [9.17, 15) is 9.59 Å². The number of aromatic nitrogens is 1. The molecule has 0 aliphatic carbocycles. The summed E-state index contributed by atoms with van der Waals surface area (Å²) in [4.78, 5) is 28.5. The predicted molar refractivity (Wildman–Crippen MR) is 114 cm³/mol. The molecule has 0 bridgehead atoms. The number of rotatable bonds is 4. The third kappa shape index (κ3) is 3.74. The first-order chi connectivity index (χ1) is 13.4. The van der Waals surface area contributed by atoms with E-state index < -0.39 is 5.97 Å². The number of hydrogen-bond acceptors (Lipinski definition) is 5. The number of aromatic carboxylic acids is 1. The summed E-state index contributed by atoms with van der Waals surface area (Å²) in [5, 5.41) is 15.7. The van der Waals surface area contributed by atoms with Crippen LogP contribution >= 0.6 is 45.9 Å². The zero-order valence-electron chi connectivity index (χ0n) is 13.9. The second-order valence-corrected chi connectivity index (χ2v) is 8.55. The van der Waals surface area contributed by atoms with Gasteiger partial charge in [0.1, 0.15) is 0 Å². The van der Waals surface area contributed by atoms with Crippen LogP contribution in [0.1, 0.15) is 20.0 Å². The molecule has 4 rings (SSSR count). The molecule has 2 aromatic carbocycles. The Morgan fingerprint density at radius 2 is 1.86 bits per heavy atom. The molecule has 0 saturated heterocycles. The fraction of sp³-hybridized carbons (Fsp3) is 0. The van der Waals surface area contributed by atoms with Crippen LogP contribution in [0.25, 0.3) is 21.3 Å². The van der Waals surface area contributed by atoms with Crippen molar-refractivity contribution in [3.05, 3.63) is 68.3 Å². The van der Waals surface area contributed by atoms with E-state index in [2.05, 4.69) is 10.3 Å². The molecule has 0 spiro atoms. The third-order valence-electron chi connectivity index (χ3n) is 3.93. The van der Waals surface area contributed by atoms with Gasteiger partial charge in [0.15, 0.2) is 5.13 Å². The lowest BCUT2D eigenvalue weighted by Crippen LogP contribution is -2.09. The summed E-state index contributed by atoms with van der Waals surface area (Å²) in [5.74, 6) is -1.30. The topological polar surface area (TPSA) is 79.3 Å². The number of carboxylic acids is 1. The fourth-order valence-electron chi connectivity index (χ4n) is 2.57. The SMILES string of the molecule is O=C(O)c1ccc2sc(C(=O)Nc3nc(-c4ccc(Cl)c(Cl)c4)cs3)cc2c1. The Morgan fingerprint density at radius 1 is 1.04 bits per heavy atom. The highest BCUT2D eigenvalue weighted by Gasteiger charge is 2.14. The number of anilines is 1. The van der Waals surface area contributed by atoms with Crippen LogP contribution in [-0.2, 0) is 0 Å². The van der Waals surface area contributed by atoms with Gasteiger partial charge in [-0.25, -0.2) is 9.78 Å². The third-order valence-corrected chi connectivity index (χ3v) is 6.54. The number of thiazole rings is 1. The van der Waals surface area contributed by atoms with Crippen molar-refractivity contribution in [3.8, 4) is 11.3 Å². The molecule has 140 valence electrons. The molecule has 9 heteroatoms. The number of fused-ring (bicyclic) bond motifs is 1. The van der Waals surface area contributed by atoms with Crippen molar-refractivity contribution in [2.45, 2.75) is 0 Å². The van der Waals surface area contributed by atoms with Crippen molar-refractivity contribution >= 4 is 73.0 Å². The number of nitrogens with one attached hydrogen (secondary N) is 1. The van der Waals surface area contributed by atoms with Gasteiger partial charge in [0.05, 0.1) is 26.2 Å². The Bertz CT molecular complexity index is 1230. The molecule has 28 heavy (non-hydrogen) atoms. The van der Waals surface area contributed by atoms with Crippen LogP contribution in [-0.4, -0.2) is 22.0 Å². The second-order valence-electron chi connectivity index (χ2n) is 5.79. The number of carbonyl (C=O) groups excluding carboxylic acids is 1. The van der Waals surface area contributed by atoms with E-state index in [1.54, 1.807) is 36.4 Å². The highest BCUT2D eigenvalue weighted by atomic mass is 35.5. The molecular formula is C19H10Cl2N2O3S2. The average Bonchev–Trinajstić information content (AvgIpc) is 3.30. The smallest absolute Gasteiger partial charge is 0.335 e. The molecule has 0 aliphatic rings. The fourth-order valence-corrected chi connectivity index (χ4v) is 4.52. The summed E-state index contributed by atoms with van der Waals surface area (Å²) < 4.78 is 0.839. The van der Waals surface area contributed by atoms with Crippen LogP contribution in [0.4, 0.5) is 5.13 Å². The molecule has 0 fully saturated rings. The number of halogens is 2. The van der Waals surface area contributed by atoms with Gasteiger partial charge < -0.3 is 5.11 Å². The summed E-state index contributed by atoms with van der Waals surface area (Å²) in [7, 11) is 0. The van der Waals surface area contributed by atoms with Gasteiger partial charge in [0.25, 0.3) is 5.91 Å². The Balaban J connectivity index is 1.55. The summed E-state index contributed by atoms with van der Waals surface area (Å²) in [6, 6.07) is 11.7. The minimum absolute atomic E-state index is 0.184. The Kier molecular flexibility index (Phi) is 5.07. The molecule has 0 radical (unpaired) electrons. The number of thiophene rings is 1. The Hall–Kier alpha value is -2.45. The molecule has 0 unspecified atom stereocenters. The van der Waals surface area contributed by atoms with Gasteiger partial charge in [-0.1, -0.05) is 29.3 Å². The molecule has 2 N–H and O–H groups in total. The van der Waals surface area contributed by atoms with Crippen molar-refractivity contribution in [3.63, 3.8) is 0 Å². The average molecular weight is 449 g/mol. The van der Waals surface area contributed by atoms with E-state index in [-0.39, 0.29) is 11.5 Å². The van der Waals surface area contributed by atoms with Crippen molar-refractivity contribution in [1.29, 1.82) is 0 Å². The van der Waals surface area contributed by atoms with E-state index in [0.717, 1.165) is 10.3 Å². The number of benzene rings is 2. The number of amides is 1. The van der Waals surface area contributed by atoms with Gasteiger partial charge in [-0.05, 0) is 41.8 Å². The Morgan fingerprint density at radius 3 is 2.61 bits per heavy atom. The lowest BCUT2D eigenvalue weighted by atomic mass is 10.1. The molecular weight excluding hydrogens is 439 g/mol. The van der Waals surface area contributed by atoms with Crippen molar-refractivity contribution in [1.82, 2.24) is 4.98 Å². The molecule has 0 aliphatic heterocycles. The first kappa shape index (κ1) is 18.9. The first-order valence-electron chi connectivity index (χ1n) is 7.90. The number of carbonyl (C=O) groups is 2. The lowest BCUT2D eigenvalue weighted by molar-refractivity contribution is 0.0697.